The summed E-state index contributed by atoms with van der Waals surface area (Å²) in [6, 6.07) is 2.46. The van der Waals surface area contributed by atoms with Crippen LogP contribution >= 0.6 is 0 Å². The van der Waals surface area contributed by atoms with Crippen LogP contribution in [0.3, 0.4) is 0 Å². The first-order chi connectivity index (χ1) is 7.18. The molecule has 4 nitrogen and oxygen atoms in total. The molecule has 2 heterocycles. The second kappa shape index (κ2) is 3.98. The molecule has 0 aliphatic carbocycles. The summed E-state index contributed by atoms with van der Waals surface area (Å²) in [5.41, 5.74) is 2.09. The summed E-state index contributed by atoms with van der Waals surface area (Å²) in [5.74, 6) is 1.05. The molecule has 80 valence electrons. The van der Waals surface area contributed by atoms with E-state index in [4.69, 9.17) is 0 Å². The zero-order valence-corrected chi connectivity index (χ0v) is 9.36. The predicted octanol–water partition coefficient (Wildman–Crippen LogP) is 1.47. The van der Waals surface area contributed by atoms with Gasteiger partial charge in [-0.2, -0.15) is 0 Å². The molecule has 0 radical (unpaired) electrons. The van der Waals surface area contributed by atoms with E-state index in [1.165, 1.54) is 0 Å². The minimum absolute atomic E-state index is 0.475. The molecule has 0 spiro atoms. The van der Waals surface area contributed by atoms with Crippen molar-refractivity contribution in [2.45, 2.75) is 26.4 Å². The number of imidazole rings is 1. The topological polar surface area (TPSA) is 42.7 Å². The minimum atomic E-state index is 0.475. The number of aromatic nitrogens is 3. The van der Waals surface area contributed by atoms with Crippen LogP contribution in [0.4, 0.5) is 0 Å². The van der Waals surface area contributed by atoms with Crippen molar-refractivity contribution in [2.24, 2.45) is 7.05 Å². The van der Waals surface area contributed by atoms with E-state index in [1.807, 2.05) is 13.1 Å². The molecule has 0 amide bonds. The molecule has 0 bridgehead atoms. The average Bonchev–Trinajstić information content (AvgIpc) is 2.54. The second-order valence-corrected chi connectivity index (χ2v) is 3.99. The van der Waals surface area contributed by atoms with Gasteiger partial charge < -0.3 is 9.88 Å². The minimum Gasteiger partial charge on any atom is -0.330 e. The van der Waals surface area contributed by atoms with Crippen molar-refractivity contribution in [3.8, 4) is 0 Å². The smallest absolute Gasteiger partial charge is 0.123 e. The second-order valence-electron chi connectivity index (χ2n) is 3.99. The third kappa shape index (κ3) is 1.99. The highest BCUT2D eigenvalue weighted by molar-refractivity contribution is 5.74. The molecule has 15 heavy (non-hydrogen) atoms. The molecule has 2 aromatic rings. The zero-order chi connectivity index (χ0) is 10.8. The Balaban J connectivity index is 2.32. The molecule has 0 saturated heterocycles. The van der Waals surface area contributed by atoms with Crippen LogP contribution in [0.5, 0.6) is 0 Å². The number of hydrogen-bond donors (Lipinski definition) is 1. The summed E-state index contributed by atoms with van der Waals surface area (Å²) in [6.07, 6.45) is 3.60. The third-order valence-corrected chi connectivity index (χ3v) is 2.44. The van der Waals surface area contributed by atoms with Crippen LogP contribution in [-0.2, 0) is 13.6 Å². The molecular formula is C11H16N4. The van der Waals surface area contributed by atoms with Gasteiger partial charge in [0.25, 0.3) is 0 Å². The number of rotatable bonds is 3. The summed E-state index contributed by atoms with van der Waals surface area (Å²) in [4.78, 5) is 8.59. The Bertz CT molecular complexity index is 459. The lowest BCUT2D eigenvalue weighted by Crippen LogP contribution is -2.23. The van der Waals surface area contributed by atoms with Crippen LogP contribution in [0, 0.1) is 0 Å². The van der Waals surface area contributed by atoms with Crippen molar-refractivity contribution in [1.29, 1.82) is 0 Å². The van der Waals surface area contributed by atoms with Crippen LogP contribution in [0.2, 0.25) is 0 Å². The van der Waals surface area contributed by atoms with Crippen molar-refractivity contribution in [2.75, 3.05) is 0 Å². The van der Waals surface area contributed by atoms with Gasteiger partial charge in [-0.1, -0.05) is 13.8 Å². The van der Waals surface area contributed by atoms with Crippen LogP contribution in [0.15, 0.2) is 18.5 Å². The fourth-order valence-electron chi connectivity index (χ4n) is 1.56. The number of nitrogens with zero attached hydrogens (tertiary/aromatic N) is 3. The molecule has 0 aromatic carbocycles. The summed E-state index contributed by atoms with van der Waals surface area (Å²) in [6.45, 7) is 5.05. The lowest BCUT2D eigenvalue weighted by Gasteiger charge is -2.07. The summed E-state index contributed by atoms with van der Waals surface area (Å²) >= 11 is 0. The molecule has 0 aliphatic rings. The monoisotopic (exact) mass is 204 g/mol. The van der Waals surface area contributed by atoms with Crippen LogP contribution in [-0.4, -0.2) is 20.6 Å². The molecule has 0 fully saturated rings. The number of fused-ring (bicyclic) bond motifs is 1. The highest BCUT2D eigenvalue weighted by Crippen LogP contribution is 2.12. The van der Waals surface area contributed by atoms with Crippen LogP contribution < -0.4 is 5.32 Å². The number of nitrogens with one attached hydrogen (secondary N) is 1. The van der Waals surface area contributed by atoms with Gasteiger partial charge in [0.15, 0.2) is 0 Å². The molecule has 0 aliphatic heterocycles. The van der Waals surface area contributed by atoms with Gasteiger partial charge in [-0.05, 0) is 6.07 Å². The molecule has 2 aromatic heterocycles. The van der Waals surface area contributed by atoms with Gasteiger partial charge in [-0.15, -0.1) is 0 Å². The first kappa shape index (κ1) is 10.1. The van der Waals surface area contributed by atoms with E-state index in [9.17, 15) is 0 Å². The summed E-state index contributed by atoms with van der Waals surface area (Å²) in [7, 11) is 2.03. The highest BCUT2D eigenvalue weighted by atomic mass is 15.1. The van der Waals surface area contributed by atoms with E-state index in [2.05, 4.69) is 33.7 Å². The Morgan fingerprint density at radius 2 is 2.27 bits per heavy atom. The van der Waals surface area contributed by atoms with Gasteiger partial charge >= 0.3 is 0 Å². The maximum atomic E-state index is 4.52. The van der Waals surface area contributed by atoms with Crippen LogP contribution in [0.1, 0.15) is 19.7 Å². The van der Waals surface area contributed by atoms with E-state index in [-0.39, 0.29) is 0 Å². The van der Waals surface area contributed by atoms with Crippen molar-refractivity contribution in [3.63, 3.8) is 0 Å². The SMILES string of the molecule is CC(C)NCc1nc2cnccc2n1C. The third-order valence-electron chi connectivity index (χ3n) is 2.44. The largest absolute Gasteiger partial charge is 0.330 e. The van der Waals surface area contributed by atoms with E-state index in [1.54, 1.807) is 12.4 Å². The fourth-order valence-corrected chi connectivity index (χ4v) is 1.56. The normalized spacial score (nSPS) is 11.5. The van der Waals surface area contributed by atoms with Crippen molar-refractivity contribution >= 4 is 11.0 Å². The molecule has 1 N–H and O–H groups in total. The maximum Gasteiger partial charge on any atom is 0.123 e. The lowest BCUT2D eigenvalue weighted by molar-refractivity contribution is 0.563. The predicted molar refractivity (Wildman–Crippen MR) is 60.5 cm³/mol. The van der Waals surface area contributed by atoms with Gasteiger partial charge in [0.2, 0.25) is 0 Å². The average molecular weight is 204 g/mol. The molecular weight excluding hydrogens is 188 g/mol. The van der Waals surface area contributed by atoms with Gasteiger partial charge in [0.1, 0.15) is 11.3 Å². The van der Waals surface area contributed by atoms with Gasteiger partial charge in [0.05, 0.1) is 18.3 Å². The van der Waals surface area contributed by atoms with E-state index in [0.717, 1.165) is 23.4 Å². The van der Waals surface area contributed by atoms with E-state index in [0.29, 0.717) is 6.04 Å². The molecule has 4 heteroatoms. The Labute approximate surface area is 89.3 Å². The Hall–Kier alpha value is -1.42. The number of pyridine rings is 1. The molecule has 0 saturated carbocycles. The van der Waals surface area contributed by atoms with Crippen molar-refractivity contribution < 1.29 is 0 Å². The van der Waals surface area contributed by atoms with E-state index < -0.39 is 0 Å². The van der Waals surface area contributed by atoms with E-state index >= 15 is 0 Å². The number of aryl methyl sites for hydroxylation is 1. The van der Waals surface area contributed by atoms with Crippen molar-refractivity contribution in [3.05, 3.63) is 24.3 Å². The maximum absolute atomic E-state index is 4.52. The standard InChI is InChI=1S/C11H16N4/c1-8(2)13-7-11-14-9-6-12-5-4-10(9)15(11)3/h4-6,8,13H,7H2,1-3H3. The Morgan fingerprint density at radius 3 is 2.93 bits per heavy atom. The van der Waals surface area contributed by atoms with Gasteiger partial charge in [-0.25, -0.2) is 4.98 Å². The molecule has 0 atom stereocenters. The van der Waals surface area contributed by atoms with Crippen LogP contribution in [0.25, 0.3) is 11.0 Å². The fraction of sp³-hybridized carbons (Fsp3) is 0.455. The van der Waals surface area contributed by atoms with Gasteiger partial charge in [-0.3, -0.25) is 4.98 Å². The first-order valence-corrected chi connectivity index (χ1v) is 5.17. The molecule has 2 rings (SSSR count). The number of hydrogen-bond acceptors (Lipinski definition) is 3. The zero-order valence-electron chi connectivity index (χ0n) is 9.36. The summed E-state index contributed by atoms with van der Waals surface area (Å²) in [5, 5.41) is 3.36. The Kier molecular flexibility index (Phi) is 2.68. The quantitative estimate of drug-likeness (QED) is 0.823. The summed E-state index contributed by atoms with van der Waals surface area (Å²) < 4.78 is 2.10. The lowest BCUT2D eigenvalue weighted by atomic mass is 10.4. The van der Waals surface area contributed by atoms with Crippen molar-refractivity contribution in [1.82, 2.24) is 19.9 Å². The highest BCUT2D eigenvalue weighted by Gasteiger charge is 2.06. The Morgan fingerprint density at radius 1 is 1.47 bits per heavy atom. The first-order valence-electron chi connectivity index (χ1n) is 5.17. The van der Waals surface area contributed by atoms with Gasteiger partial charge in [0, 0.05) is 19.3 Å². The molecule has 0 unspecified atom stereocenters.